The first-order valence-corrected chi connectivity index (χ1v) is 7.07. The lowest BCUT2D eigenvalue weighted by Gasteiger charge is -2.05. The minimum Gasteiger partial charge on any atom is -0.352 e. The number of amides is 1. The normalized spacial score (nSPS) is 10.2. The predicted molar refractivity (Wildman–Crippen MR) is 73.7 cm³/mol. The van der Waals surface area contributed by atoms with E-state index in [1.807, 2.05) is 37.6 Å². The van der Waals surface area contributed by atoms with Crippen LogP contribution in [0.3, 0.4) is 0 Å². The zero-order chi connectivity index (χ0) is 12.5. The van der Waals surface area contributed by atoms with Crippen LogP contribution in [0.2, 0.25) is 0 Å². The third kappa shape index (κ3) is 5.24. The summed E-state index contributed by atoms with van der Waals surface area (Å²) in [5.74, 6) is 0.0158. The number of benzene rings is 1. The lowest BCUT2D eigenvalue weighted by Crippen LogP contribution is -2.25. The van der Waals surface area contributed by atoms with Crippen LogP contribution in [-0.2, 0) is 0 Å². The van der Waals surface area contributed by atoms with Crippen molar-refractivity contribution in [1.82, 2.24) is 10.6 Å². The Hall–Kier alpha value is -1.00. The molecule has 1 aromatic rings. The Bertz CT molecular complexity index is 338. The summed E-state index contributed by atoms with van der Waals surface area (Å²) in [6, 6.07) is 7.69. The predicted octanol–water partition coefficient (Wildman–Crippen LogP) is 2.14. The maximum Gasteiger partial charge on any atom is 0.251 e. The lowest BCUT2D eigenvalue weighted by atomic mass is 10.2. The molecule has 0 saturated carbocycles. The molecular weight excluding hydrogens is 232 g/mol. The van der Waals surface area contributed by atoms with Gasteiger partial charge < -0.3 is 10.6 Å². The van der Waals surface area contributed by atoms with Gasteiger partial charge in [0.05, 0.1) is 0 Å². The fourth-order valence-electron chi connectivity index (χ4n) is 1.47. The van der Waals surface area contributed by atoms with Gasteiger partial charge in [-0.25, -0.2) is 0 Å². The summed E-state index contributed by atoms with van der Waals surface area (Å²) >= 11 is 1.68. The highest BCUT2D eigenvalue weighted by atomic mass is 32.2. The molecule has 0 aromatic heterocycles. The van der Waals surface area contributed by atoms with Crippen LogP contribution in [-0.4, -0.2) is 32.3 Å². The van der Waals surface area contributed by atoms with Crippen LogP contribution < -0.4 is 10.6 Å². The average Bonchev–Trinajstić information content (AvgIpc) is 2.38. The lowest BCUT2D eigenvalue weighted by molar-refractivity contribution is 0.0953. The first kappa shape index (κ1) is 14.1. The highest BCUT2D eigenvalue weighted by Gasteiger charge is 2.03. The molecule has 0 bridgehead atoms. The van der Waals surface area contributed by atoms with Gasteiger partial charge in [0.1, 0.15) is 0 Å². The van der Waals surface area contributed by atoms with Gasteiger partial charge >= 0.3 is 0 Å². The molecule has 0 unspecified atom stereocenters. The number of carbonyl (C=O) groups is 1. The molecule has 1 aromatic carbocycles. The number of thioether (sulfide) groups is 1. The molecule has 0 fully saturated rings. The number of unbranched alkanes of at least 4 members (excludes halogenated alkanes) is 1. The van der Waals surface area contributed by atoms with Gasteiger partial charge in [0, 0.05) is 17.0 Å². The summed E-state index contributed by atoms with van der Waals surface area (Å²) in [7, 11) is 1.94. The van der Waals surface area contributed by atoms with E-state index >= 15 is 0 Å². The standard InChI is InChI=1S/C13H20N2OS/c1-14-9-3-4-10-15-13(16)11-5-7-12(17-2)8-6-11/h5-8,14H,3-4,9-10H2,1-2H3,(H,15,16). The zero-order valence-electron chi connectivity index (χ0n) is 10.5. The highest BCUT2D eigenvalue weighted by molar-refractivity contribution is 7.98. The van der Waals surface area contributed by atoms with E-state index in [0.717, 1.165) is 31.5 Å². The SMILES string of the molecule is CNCCCCNC(=O)c1ccc(SC)cc1. The van der Waals surface area contributed by atoms with Gasteiger partial charge in [0.15, 0.2) is 0 Å². The average molecular weight is 252 g/mol. The van der Waals surface area contributed by atoms with Crippen molar-refractivity contribution < 1.29 is 4.79 Å². The molecule has 2 N–H and O–H groups in total. The van der Waals surface area contributed by atoms with Crippen molar-refractivity contribution in [2.24, 2.45) is 0 Å². The Morgan fingerprint density at radius 2 is 1.82 bits per heavy atom. The summed E-state index contributed by atoms with van der Waals surface area (Å²) in [6.45, 7) is 1.74. The third-order valence-corrected chi connectivity index (χ3v) is 3.23. The molecule has 0 saturated heterocycles. The molecule has 3 nitrogen and oxygen atoms in total. The first-order valence-electron chi connectivity index (χ1n) is 5.84. The Kier molecular flexibility index (Phi) is 6.74. The van der Waals surface area contributed by atoms with Crippen molar-refractivity contribution in [2.45, 2.75) is 17.7 Å². The molecule has 0 aliphatic rings. The van der Waals surface area contributed by atoms with Crippen LogP contribution in [0.5, 0.6) is 0 Å². The quantitative estimate of drug-likeness (QED) is 0.577. The second-order valence-corrected chi connectivity index (χ2v) is 4.67. The van der Waals surface area contributed by atoms with Crippen molar-refractivity contribution in [2.75, 3.05) is 26.4 Å². The van der Waals surface area contributed by atoms with Gasteiger partial charge in [-0.15, -0.1) is 11.8 Å². The smallest absolute Gasteiger partial charge is 0.251 e. The molecule has 0 atom stereocenters. The van der Waals surface area contributed by atoms with Gasteiger partial charge in [-0.3, -0.25) is 4.79 Å². The molecule has 0 aliphatic carbocycles. The molecule has 94 valence electrons. The highest BCUT2D eigenvalue weighted by Crippen LogP contribution is 2.14. The maximum absolute atomic E-state index is 11.7. The van der Waals surface area contributed by atoms with E-state index in [0.29, 0.717) is 0 Å². The van der Waals surface area contributed by atoms with Crippen LogP contribution in [0.1, 0.15) is 23.2 Å². The second-order valence-electron chi connectivity index (χ2n) is 3.80. The fourth-order valence-corrected chi connectivity index (χ4v) is 1.88. The van der Waals surface area contributed by atoms with Crippen molar-refractivity contribution in [3.8, 4) is 0 Å². The third-order valence-electron chi connectivity index (χ3n) is 2.49. The van der Waals surface area contributed by atoms with Gasteiger partial charge in [-0.1, -0.05) is 0 Å². The topological polar surface area (TPSA) is 41.1 Å². The number of carbonyl (C=O) groups excluding carboxylic acids is 1. The van der Waals surface area contributed by atoms with Crippen LogP contribution in [0.4, 0.5) is 0 Å². The second kappa shape index (κ2) is 8.14. The Morgan fingerprint density at radius 1 is 1.18 bits per heavy atom. The van der Waals surface area contributed by atoms with Crippen LogP contribution >= 0.6 is 11.8 Å². The van der Waals surface area contributed by atoms with Crippen LogP contribution in [0.25, 0.3) is 0 Å². The monoisotopic (exact) mass is 252 g/mol. The van der Waals surface area contributed by atoms with E-state index in [2.05, 4.69) is 10.6 Å². The number of nitrogens with one attached hydrogen (secondary N) is 2. The van der Waals surface area contributed by atoms with Crippen molar-refractivity contribution in [3.05, 3.63) is 29.8 Å². The first-order chi connectivity index (χ1) is 8.27. The Balaban J connectivity index is 2.31. The van der Waals surface area contributed by atoms with Crippen LogP contribution in [0, 0.1) is 0 Å². The van der Waals surface area contributed by atoms with Crippen molar-refractivity contribution in [1.29, 1.82) is 0 Å². The van der Waals surface area contributed by atoms with E-state index in [1.165, 1.54) is 4.90 Å². The molecule has 0 heterocycles. The molecule has 1 amide bonds. The molecule has 0 aliphatic heterocycles. The van der Waals surface area contributed by atoms with Gasteiger partial charge in [0.2, 0.25) is 0 Å². The fraction of sp³-hybridized carbons (Fsp3) is 0.462. The summed E-state index contributed by atoms with van der Waals surface area (Å²) < 4.78 is 0. The molecule has 17 heavy (non-hydrogen) atoms. The van der Waals surface area contributed by atoms with E-state index in [9.17, 15) is 4.79 Å². The van der Waals surface area contributed by atoms with E-state index < -0.39 is 0 Å². The molecule has 1 rings (SSSR count). The zero-order valence-corrected chi connectivity index (χ0v) is 11.3. The largest absolute Gasteiger partial charge is 0.352 e. The van der Waals surface area contributed by atoms with E-state index in [1.54, 1.807) is 11.8 Å². The minimum atomic E-state index is 0.0158. The molecule has 0 spiro atoms. The summed E-state index contributed by atoms with van der Waals surface area (Å²) in [6.07, 6.45) is 4.12. The van der Waals surface area contributed by atoms with Crippen LogP contribution in [0.15, 0.2) is 29.2 Å². The van der Waals surface area contributed by atoms with Gasteiger partial charge in [0.25, 0.3) is 5.91 Å². The summed E-state index contributed by atoms with van der Waals surface area (Å²) in [5, 5.41) is 6.01. The van der Waals surface area contributed by atoms with Crippen molar-refractivity contribution >= 4 is 17.7 Å². The summed E-state index contributed by atoms with van der Waals surface area (Å²) in [4.78, 5) is 12.9. The van der Waals surface area contributed by atoms with Gasteiger partial charge in [-0.05, 0) is 57.0 Å². The minimum absolute atomic E-state index is 0.0158. The maximum atomic E-state index is 11.7. The van der Waals surface area contributed by atoms with Crippen molar-refractivity contribution in [3.63, 3.8) is 0 Å². The number of hydrogen-bond donors (Lipinski definition) is 2. The van der Waals surface area contributed by atoms with E-state index in [4.69, 9.17) is 0 Å². The molecule has 4 heteroatoms. The number of rotatable bonds is 7. The molecule has 0 radical (unpaired) electrons. The Morgan fingerprint density at radius 3 is 2.41 bits per heavy atom. The van der Waals surface area contributed by atoms with E-state index in [-0.39, 0.29) is 5.91 Å². The summed E-state index contributed by atoms with van der Waals surface area (Å²) in [5.41, 5.74) is 0.733. The molecular formula is C13H20N2OS. The number of hydrogen-bond acceptors (Lipinski definition) is 3. The van der Waals surface area contributed by atoms with Gasteiger partial charge in [-0.2, -0.15) is 0 Å². The Labute approximate surface area is 107 Å².